The van der Waals surface area contributed by atoms with E-state index < -0.39 is 0 Å². The van der Waals surface area contributed by atoms with E-state index in [4.69, 9.17) is 15.8 Å². The smallest absolute Gasteiger partial charge is 0.197 e. The van der Waals surface area contributed by atoms with Crippen LogP contribution in [-0.4, -0.2) is 4.21 Å². The van der Waals surface area contributed by atoms with Crippen LogP contribution >= 0.6 is 11.6 Å². The molecule has 0 amide bonds. The van der Waals surface area contributed by atoms with Gasteiger partial charge in [-0.2, -0.15) is 4.21 Å². The van der Waals surface area contributed by atoms with Gasteiger partial charge in [0.15, 0.2) is 12.5 Å². The highest BCUT2D eigenvalue weighted by Crippen LogP contribution is 2.03. The van der Waals surface area contributed by atoms with Gasteiger partial charge in [-0.15, -0.1) is 0 Å². The predicted molar refractivity (Wildman–Crippen MR) is 39.6 cm³/mol. The standard InChI is InChI=1S/C6H5Cl.OS/c7-6-4-2-1-3-5-6;1-2/h1-5H;. The van der Waals surface area contributed by atoms with Gasteiger partial charge in [0, 0.05) is 5.02 Å². The third kappa shape index (κ3) is 4.06. The average Bonchev–Trinajstić information content (AvgIpc) is 1.94. The highest BCUT2D eigenvalue weighted by atomic mass is 35.5. The average molecular weight is 161 g/mol. The highest BCUT2D eigenvalue weighted by molar-refractivity contribution is 7.44. The first-order valence-electron chi connectivity index (χ1n) is 2.27. The molecule has 1 rings (SSSR count). The molecule has 0 unspecified atom stereocenters. The minimum atomic E-state index is 0.794. The Morgan fingerprint density at radius 1 is 1.11 bits per heavy atom. The molecule has 3 heteroatoms. The van der Waals surface area contributed by atoms with E-state index >= 15 is 0 Å². The Balaban J connectivity index is 0.000000291. The first-order valence-corrected chi connectivity index (χ1v) is 2.98. The summed E-state index contributed by atoms with van der Waals surface area (Å²) in [4.78, 5) is 0. The molecule has 0 bridgehead atoms. The van der Waals surface area contributed by atoms with Gasteiger partial charge in [0.05, 0.1) is 0 Å². The summed E-state index contributed by atoms with van der Waals surface area (Å²) in [7, 11) is 0. The summed E-state index contributed by atoms with van der Waals surface area (Å²) in [5, 5.41) is 0.794. The number of rotatable bonds is 0. The van der Waals surface area contributed by atoms with Gasteiger partial charge in [0.1, 0.15) is 0 Å². The highest BCUT2D eigenvalue weighted by Gasteiger charge is 1.74. The number of hydrogen-bond acceptors (Lipinski definition) is 2. The lowest BCUT2D eigenvalue weighted by atomic mass is 10.4. The zero-order valence-corrected chi connectivity index (χ0v) is 6.15. The maximum absolute atomic E-state index is 7.83. The largest absolute Gasteiger partial charge is 0.197 e. The molecule has 1 aromatic rings. The molecule has 48 valence electrons. The molecule has 0 radical (unpaired) electrons. The minimum Gasteiger partial charge on any atom is -0.197 e. The Bertz CT molecular complexity index is 154. The Morgan fingerprint density at radius 2 is 1.56 bits per heavy atom. The second-order valence-electron chi connectivity index (χ2n) is 1.30. The lowest BCUT2D eigenvalue weighted by molar-refractivity contribution is 0.702. The summed E-state index contributed by atoms with van der Waals surface area (Å²) < 4.78 is 7.83. The topological polar surface area (TPSA) is 17.1 Å². The van der Waals surface area contributed by atoms with Gasteiger partial charge >= 0.3 is 0 Å². The number of hydrogen-bond donors (Lipinski definition) is 0. The van der Waals surface area contributed by atoms with E-state index in [1.807, 2.05) is 30.3 Å². The third-order valence-electron chi connectivity index (χ3n) is 0.733. The molecule has 0 aliphatic carbocycles. The molecular weight excluding hydrogens is 156 g/mol. The minimum absolute atomic E-state index is 0.794. The van der Waals surface area contributed by atoms with Crippen molar-refractivity contribution in [1.29, 1.82) is 0 Å². The van der Waals surface area contributed by atoms with Crippen LogP contribution in [0.3, 0.4) is 0 Å². The van der Waals surface area contributed by atoms with Crippen LogP contribution in [0.4, 0.5) is 0 Å². The molecule has 0 heterocycles. The van der Waals surface area contributed by atoms with Gasteiger partial charge in [-0.3, -0.25) is 0 Å². The molecule has 1 aromatic carbocycles. The Kier molecular flexibility index (Phi) is 5.37. The first-order chi connectivity index (χ1) is 4.39. The molecular formula is C6H5ClOS. The summed E-state index contributed by atoms with van der Waals surface area (Å²) in [6, 6.07) is 9.44. The van der Waals surface area contributed by atoms with E-state index in [-0.39, 0.29) is 0 Å². The summed E-state index contributed by atoms with van der Waals surface area (Å²) in [5.74, 6) is 0. The van der Waals surface area contributed by atoms with Gasteiger partial charge in [-0.25, -0.2) is 0 Å². The zero-order valence-electron chi connectivity index (χ0n) is 4.58. The maximum atomic E-state index is 7.83. The van der Waals surface area contributed by atoms with Gasteiger partial charge in [0.2, 0.25) is 0 Å². The molecule has 0 aliphatic heterocycles. The third-order valence-corrected chi connectivity index (χ3v) is 0.985. The van der Waals surface area contributed by atoms with Crippen molar-refractivity contribution in [3.05, 3.63) is 35.4 Å². The van der Waals surface area contributed by atoms with Gasteiger partial charge in [0.25, 0.3) is 0 Å². The molecule has 0 N–H and O–H groups in total. The van der Waals surface area contributed by atoms with Crippen LogP contribution in [0.1, 0.15) is 0 Å². The predicted octanol–water partition coefficient (Wildman–Crippen LogP) is 2.00. The van der Waals surface area contributed by atoms with Crippen LogP contribution in [-0.2, 0) is 12.5 Å². The lowest BCUT2D eigenvalue weighted by Crippen LogP contribution is -1.55. The summed E-state index contributed by atoms with van der Waals surface area (Å²) in [6.07, 6.45) is 0. The van der Waals surface area contributed by atoms with Crippen molar-refractivity contribution in [1.82, 2.24) is 0 Å². The maximum Gasteiger partial charge on any atom is 0.197 e. The van der Waals surface area contributed by atoms with Gasteiger partial charge < -0.3 is 0 Å². The van der Waals surface area contributed by atoms with Crippen molar-refractivity contribution < 1.29 is 4.21 Å². The fourth-order valence-corrected chi connectivity index (χ4v) is 0.560. The quantitative estimate of drug-likeness (QED) is 0.578. The van der Waals surface area contributed by atoms with Gasteiger partial charge in [-0.05, 0) is 12.1 Å². The van der Waals surface area contributed by atoms with Crippen LogP contribution in [0.2, 0.25) is 5.02 Å². The molecule has 1 nitrogen and oxygen atoms in total. The Hall–Kier alpha value is -0.470. The van der Waals surface area contributed by atoms with E-state index in [1.54, 1.807) is 0 Å². The first kappa shape index (κ1) is 8.53. The van der Waals surface area contributed by atoms with E-state index in [0.29, 0.717) is 0 Å². The molecule has 9 heavy (non-hydrogen) atoms. The van der Waals surface area contributed by atoms with Crippen LogP contribution in [0, 0.1) is 0 Å². The van der Waals surface area contributed by atoms with Crippen molar-refractivity contribution in [3.8, 4) is 0 Å². The van der Waals surface area contributed by atoms with Crippen LogP contribution in [0.5, 0.6) is 0 Å². The van der Waals surface area contributed by atoms with E-state index in [0.717, 1.165) is 5.02 Å². The van der Waals surface area contributed by atoms with Crippen LogP contribution < -0.4 is 0 Å². The van der Waals surface area contributed by atoms with Crippen LogP contribution in [0.15, 0.2) is 30.3 Å². The molecule has 0 fully saturated rings. The fraction of sp³-hybridized carbons (Fsp3) is 0. The van der Waals surface area contributed by atoms with Gasteiger partial charge in [-0.1, -0.05) is 29.8 Å². The van der Waals surface area contributed by atoms with Crippen molar-refractivity contribution >= 4 is 24.1 Å². The normalized spacial score (nSPS) is 7.22. The molecule has 0 saturated heterocycles. The van der Waals surface area contributed by atoms with E-state index in [9.17, 15) is 0 Å². The lowest BCUT2D eigenvalue weighted by Gasteiger charge is -1.80. The summed E-state index contributed by atoms with van der Waals surface area (Å²) >= 11 is 8.37. The van der Waals surface area contributed by atoms with E-state index in [1.165, 1.54) is 0 Å². The summed E-state index contributed by atoms with van der Waals surface area (Å²) in [6.45, 7) is 0. The molecule has 0 aromatic heterocycles. The van der Waals surface area contributed by atoms with Crippen molar-refractivity contribution in [2.45, 2.75) is 0 Å². The van der Waals surface area contributed by atoms with Crippen molar-refractivity contribution in [2.24, 2.45) is 0 Å². The number of halogens is 1. The second-order valence-corrected chi connectivity index (χ2v) is 1.73. The molecule has 0 atom stereocenters. The number of benzene rings is 1. The molecule has 0 spiro atoms. The monoisotopic (exact) mass is 160 g/mol. The molecule has 0 saturated carbocycles. The Labute approximate surface area is 64.2 Å². The zero-order chi connectivity index (χ0) is 7.11. The van der Waals surface area contributed by atoms with Crippen LogP contribution in [0.25, 0.3) is 0 Å². The van der Waals surface area contributed by atoms with E-state index in [2.05, 4.69) is 12.5 Å². The fourth-order valence-electron chi connectivity index (χ4n) is 0.415. The summed E-state index contributed by atoms with van der Waals surface area (Å²) in [5.41, 5.74) is 0. The second kappa shape index (κ2) is 5.66. The Morgan fingerprint density at radius 3 is 1.78 bits per heavy atom. The SMILES string of the molecule is Clc1ccccc1.O=S. The van der Waals surface area contributed by atoms with Crippen molar-refractivity contribution in [2.75, 3.05) is 0 Å². The molecule has 0 aliphatic rings. The van der Waals surface area contributed by atoms with Crippen molar-refractivity contribution in [3.63, 3.8) is 0 Å².